The van der Waals surface area contributed by atoms with Gasteiger partial charge >= 0.3 is 0 Å². The van der Waals surface area contributed by atoms with Gasteiger partial charge in [-0.3, -0.25) is 4.79 Å². The molecule has 2 aromatic rings. The summed E-state index contributed by atoms with van der Waals surface area (Å²) in [6, 6.07) is 7.35. The highest BCUT2D eigenvalue weighted by Gasteiger charge is 2.08. The van der Waals surface area contributed by atoms with E-state index in [1.807, 2.05) is 18.2 Å². The van der Waals surface area contributed by atoms with Crippen LogP contribution in [0.15, 0.2) is 24.3 Å². The molecule has 0 aliphatic rings. The number of hydrogen-bond donors (Lipinski definition) is 2. The predicted octanol–water partition coefficient (Wildman–Crippen LogP) is 3.35. The van der Waals surface area contributed by atoms with Gasteiger partial charge < -0.3 is 10.3 Å². The van der Waals surface area contributed by atoms with E-state index in [-0.39, 0.29) is 5.91 Å². The van der Waals surface area contributed by atoms with Gasteiger partial charge in [0.1, 0.15) is 5.69 Å². The van der Waals surface area contributed by atoms with Gasteiger partial charge in [-0.1, -0.05) is 24.9 Å². The summed E-state index contributed by atoms with van der Waals surface area (Å²) in [7, 11) is 0. The Morgan fingerprint density at radius 3 is 3.00 bits per heavy atom. The number of rotatable bonds is 4. The number of amides is 1. The lowest BCUT2D eigenvalue weighted by molar-refractivity contribution is 0.0949. The maximum atomic E-state index is 11.8. The highest BCUT2D eigenvalue weighted by molar-refractivity contribution is 6.31. The first-order chi connectivity index (χ1) is 8.20. The minimum absolute atomic E-state index is 0.0641. The average molecular weight is 251 g/mol. The average Bonchev–Trinajstić information content (AvgIpc) is 2.72. The zero-order chi connectivity index (χ0) is 12.3. The van der Waals surface area contributed by atoms with Crippen molar-refractivity contribution in [3.63, 3.8) is 0 Å². The van der Waals surface area contributed by atoms with Crippen molar-refractivity contribution < 1.29 is 4.79 Å². The molecule has 0 aliphatic carbocycles. The summed E-state index contributed by atoms with van der Waals surface area (Å²) >= 11 is 5.90. The zero-order valence-electron chi connectivity index (χ0n) is 9.72. The Hall–Kier alpha value is -1.48. The van der Waals surface area contributed by atoms with Gasteiger partial charge in [-0.2, -0.15) is 0 Å². The molecule has 4 heteroatoms. The molecule has 0 atom stereocenters. The molecule has 0 saturated heterocycles. The van der Waals surface area contributed by atoms with Gasteiger partial charge in [0.25, 0.3) is 5.91 Å². The number of aromatic amines is 1. The number of H-pyrrole nitrogens is 1. The van der Waals surface area contributed by atoms with Crippen LogP contribution < -0.4 is 5.32 Å². The van der Waals surface area contributed by atoms with Crippen molar-refractivity contribution in [3.05, 3.63) is 35.0 Å². The van der Waals surface area contributed by atoms with Crippen LogP contribution in [-0.4, -0.2) is 17.4 Å². The normalized spacial score (nSPS) is 10.7. The van der Waals surface area contributed by atoms with Gasteiger partial charge in [0.15, 0.2) is 0 Å². The van der Waals surface area contributed by atoms with Crippen LogP contribution in [0.2, 0.25) is 5.02 Å². The number of hydrogen-bond acceptors (Lipinski definition) is 1. The molecule has 1 aromatic heterocycles. The Morgan fingerprint density at radius 2 is 2.24 bits per heavy atom. The molecule has 17 heavy (non-hydrogen) atoms. The van der Waals surface area contributed by atoms with Crippen molar-refractivity contribution in [1.82, 2.24) is 10.3 Å². The second-order valence-electron chi connectivity index (χ2n) is 4.02. The van der Waals surface area contributed by atoms with Crippen LogP contribution in [0, 0.1) is 0 Å². The Labute approximate surface area is 105 Å². The van der Waals surface area contributed by atoms with E-state index in [2.05, 4.69) is 17.2 Å². The first-order valence-electron chi connectivity index (χ1n) is 5.77. The first-order valence-corrected chi connectivity index (χ1v) is 6.15. The van der Waals surface area contributed by atoms with Gasteiger partial charge in [0.2, 0.25) is 0 Å². The fourth-order valence-electron chi connectivity index (χ4n) is 1.70. The lowest BCUT2D eigenvalue weighted by atomic mass is 10.2. The van der Waals surface area contributed by atoms with E-state index < -0.39 is 0 Å². The summed E-state index contributed by atoms with van der Waals surface area (Å²) in [5, 5.41) is 4.50. The van der Waals surface area contributed by atoms with Crippen LogP contribution in [0.25, 0.3) is 10.9 Å². The van der Waals surface area contributed by atoms with Crippen LogP contribution in [-0.2, 0) is 0 Å². The Morgan fingerprint density at radius 1 is 1.41 bits per heavy atom. The van der Waals surface area contributed by atoms with Crippen molar-refractivity contribution in [2.45, 2.75) is 19.8 Å². The second-order valence-corrected chi connectivity index (χ2v) is 4.46. The summed E-state index contributed by atoms with van der Waals surface area (Å²) in [5.41, 5.74) is 1.51. The molecule has 0 spiro atoms. The minimum atomic E-state index is -0.0641. The molecular weight excluding hydrogens is 236 g/mol. The summed E-state index contributed by atoms with van der Waals surface area (Å²) in [6.45, 7) is 2.81. The first kappa shape index (κ1) is 12.0. The summed E-state index contributed by atoms with van der Waals surface area (Å²) in [5.74, 6) is -0.0641. The number of benzene rings is 1. The summed E-state index contributed by atoms with van der Waals surface area (Å²) in [6.07, 6.45) is 2.07. The lowest BCUT2D eigenvalue weighted by Crippen LogP contribution is -2.24. The van der Waals surface area contributed by atoms with E-state index in [9.17, 15) is 4.79 Å². The van der Waals surface area contributed by atoms with Crippen molar-refractivity contribution in [1.29, 1.82) is 0 Å². The van der Waals surface area contributed by atoms with E-state index in [1.165, 1.54) is 0 Å². The van der Waals surface area contributed by atoms with E-state index in [1.54, 1.807) is 6.07 Å². The molecule has 0 fully saturated rings. The van der Waals surface area contributed by atoms with Crippen LogP contribution >= 0.6 is 11.6 Å². The van der Waals surface area contributed by atoms with Crippen molar-refractivity contribution in [3.8, 4) is 0 Å². The number of carbonyl (C=O) groups excluding carboxylic acids is 1. The van der Waals surface area contributed by atoms with Crippen molar-refractivity contribution in [2.75, 3.05) is 6.54 Å². The Bertz CT molecular complexity index is 533. The minimum Gasteiger partial charge on any atom is -0.351 e. The van der Waals surface area contributed by atoms with E-state index in [0.29, 0.717) is 17.3 Å². The van der Waals surface area contributed by atoms with Gasteiger partial charge in [0, 0.05) is 22.5 Å². The smallest absolute Gasteiger partial charge is 0.267 e. The number of halogens is 1. The molecule has 1 amide bonds. The number of aromatic nitrogens is 1. The van der Waals surface area contributed by atoms with Crippen LogP contribution in [0.5, 0.6) is 0 Å². The number of fused-ring (bicyclic) bond motifs is 1. The van der Waals surface area contributed by atoms with Crippen LogP contribution in [0.4, 0.5) is 0 Å². The quantitative estimate of drug-likeness (QED) is 0.803. The highest BCUT2D eigenvalue weighted by atomic mass is 35.5. The van der Waals surface area contributed by atoms with Gasteiger partial charge in [-0.15, -0.1) is 0 Å². The summed E-state index contributed by atoms with van der Waals surface area (Å²) in [4.78, 5) is 14.9. The van der Waals surface area contributed by atoms with E-state index in [0.717, 1.165) is 23.7 Å². The molecular formula is C13H15ClN2O. The maximum absolute atomic E-state index is 11.8. The Balaban J connectivity index is 2.15. The topological polar surface area (TPSA) is 44.9 Å². The molecule has 2 rings (SSSR count). The van der Waals surface area contributed by atoms with Crippen LogP contribution in [0.3, 0.4) is 0 Å². The number of unbranched alkanes of at least 4 members (excludes halogenated alkanes) is 1. The molecule has 0 aliphatic heterocycles. The monoisotopic (exact) mass is 250 g/mol. The fraction of sp³-hybridized carbons (Fsp3) is 0.308. The summed E-state index contributed by atoms with van der Waals surface area (Å²) < 4.78 is 0. The largest absolute Gasteiger partial charge is 0.351 e. The van der Waals surface area contributed by atoms with Gasteiger partial charge in [-0.05, 0) is 30.7 Å². The predicted molar refractivity (Wildman–Crippen MR) is 70.5 cm³/mol. The van der Waals surface area contributed by atoms with Crippen molar-refractivity contribution in [2.24, 2.45) is 0 Å². The molecule has 2 N–H and O–H groups in total. The highest BCUT2D eigenvalue weighted by Crippen LogP contribution is 2.19. The molecule has 0 radical (unpaired) electrons. The third-order valence-electron chi connectivity index (χ3n) is 2.64. The molecule has 0 saturated carbocycles. The molecule has 0 bridgehead atoms. The fourth-order valence-corrected chi connectivity index (χ4v) is 1.88. The van der Waals surface area contributed by atoms with E-state index in [4.69, 9.17) is 11.6 Å². The molecule has 1 aromatic carbocycles. The standard InChI is InChI=1S/C13H15ClN2O/c1-2-3-6-15-13(17)12-8-9-7-10(14)4-5-11(9)16-12/h4-5,7-8,16H,2-3,6H2,1H3,(H,15,17). The third-order valence-corrected chi connectivity index (χ3v) is 2.88. The number of nitrogens with one attached hydrogen (secondary N) is 2. The van der Waals surface area contributed by atoms with Crippen molar-refractivity contribution >= 4 is 28.4 Å². The molecule has 3 nitrogen and oxygen atoms in total. The second kappa shape index (κ2) is 5.23. The Kier molecular flexibility index (Phi) is 3.69. The zero-order valence-corrected chi connectivity index (χ0v) is 10.5. The molecule has 90 valence electrons. The third kappa shape index (κ3) is 2.80. The molecule has 0 unspecified atom stereocenters. The van der Waals surface area contributed by atoms with E-state index >= 15 is 0 Å². The lowest BCUT2D eigenvalue weighted by Gasteiger charge is -2.01. The number of carbonyl (C=O) groups is 1. The maximum Gasteiger partial charge on any atom is 0.267 e. The SMILES string of the molecule is CCCCNC(=O)c1cc2cc(Cl)ccc2[nH]1. The van der Waals surface area contributed by atoms with Crippen LogP contribution in [0.1, 0.15) is 30.3 Å². The molecule has 1 heterocycles. The van der Waals surface area contributed by atoms with Gasteiger partial charge in [-0.25, -0.2) is 0 Å². The van der Waals surface area contributed by atoms with Gasteiger partial charge in [0.05, 0.1) is 0 Å².